The smallest absolute Gasteiger partial charge is 0.242 e. The van der Waals surface area contributed by atoms with Crippen molar-refractivity contribution in [1.29, 1.82) is 0 Å². The van der Waals surface area contributed by atoms with Gasteiger partial charge in [0.15, 0.2) is 0 Å². The van der Waals surface area contributed by atoms with Gasteiger partial charge in [0.1, 0.15) is 0 Å². The van der Waals surface area contributed by atoms with E-state index in [0.717, 1.165) is 69.3 Å². The fourth-order valence-electron chi connectivity index (χ4n) is 4.59. The summed E-state index contributed by atoms with van der Waals surface area (Å²) in [7, 11) is 3.06. The van der Waals surface area contributed by atoms with Crippen molar-refractivity contribution in [1.82, 2.24) is 20.4 Å². The molecule has 12 heteroatoms. The zero-order valence-corrected chi connectivity index (χ0v) is 25.8. The maximum Gasteiger partial charge on any atom is 0.242 e. The average molecular weight is 599 g/mol. The van der Waals surface area contributed by atoms with E-state index in [4.69, 9.17) is 0 Å². The Balaban J connectivity index is 1.36. The molecular weight excluding hydrogens is 552 g/mol. The molecule has 0 radical (unpaired) electrons. The number of hydrogen-bond acceptors (Lipinski definition) is 8. The summed E-state index contributed by atoms with van der Waals surface area (Å²) < 4.78 is 0. The third-order valence-corrected chi connectivity index (χ3v) is 9.80. The van der Waals surface area contributed by atoms with Crippen LogP contribution >= 0.6 is 23.5 Å². The van der Waals surface area contributed by atoms with Gasteiger partial charge in [0.2, 0.25) is 35.4 Å². The first-order valence-corrected chi connectivity index (χ1v) is 16.6. The predicted molar refractivity (Wildman–Crippen MR) is 159 cm³/mol. The molecule has 226 valence electrons. The van der Waals surface area contributed by atoms with Crippen molar-refractivity contribution >= 4 is 59.0 Å². The Bertz CT molecular complexity index is 902. The zero-order chi connectivity index (χ0) is 29.5. The largest absolute Gasteiger partial charge is 0.356 e. The Morgan fingerprint density at radius 3 is 1.73 bits per heavy atom. The van der Waals surface area contributed by atoms with E-state index in [2.05, 4.69) is 10.6 Å². The van der Waals surface area contributed by atoms with E-state index in [1.165, 1.54) is 47.4 Å². The van der Waals surface area contributed by atoms with E-state index >= 15 is 0 Å². The minimum Gasteiger partial charge on any atom is -0.356 e. The molecule has 2 aliphatic rings. The van der Waals surface area contributed by atoms with Crippen LogP contribution in [0.15, 0.2) is 0 Å². The molecule has 0 aromatic heterocycles. The highest BCUT2D eigenvalue weighted by atomic mass is 32.2. The molecule has 0 spiro atoms. The first kappa shape index (κ1) is 34.1. The molecule has 0 aromatic rings. The molecule has 2 N–H and O–H groups in total. The third kappa shape index (κ3) is 12.2. The first-order chi connectivity index (χ1) is 19.1. The van der Waals surface area contributed by atoms with Gasteiger partial charge in [0.25, 0.3) is 0 Å². The Labute approximate surface area is 246 Å². The lowest BCUT2D eigenvalue weighted by molar-refractivity contribution is -0.138. The number of nitrogens with zero attached hydrogens (tertiary/aromatic N) is 2. The molecule has 0 aliphatic carbocycles. The van der Waals surface area contributed by atoms with Crippen molar-refractivity contribution in [3.8, 4) is 0 Å². The monoisotopic (exact) mass is 598 g/mol. The second-order valence-electron chi connectivity index (χ2n) is 10.6. The Morgan fingerprint density at radius 2 is 1.25 bits per heavy atom. The molecule has 0 saturated carbocycles. The van der Waals surface area contributed by atoms with Crippen molar-refractivity contribution in [3.63, 3.8) is 0 Å². The predicted octanol–water partition coefficient (Wildman–Crippen LogP) is 2.88. The summed E-state index contributed by atoms with van der Waals surface area (Å²) in [6.07, 6.45) is 9.52. The molecule has 10 nitrogen and oxygen atoms in total. The van der Waals surface area contributed by atoms with Crippen LogP contribution < -0.4 is 10.6 Å². The van der Waals surface area contributed by atoms with Crippen LogP contribution in [0.5, 0.6) is 0 Å². The van der Waals surface area contributed by atoms with Crippen LogP contribution in [-0.2, 0) is 28.8 Å². The van der Waals surface area contributed by atoms with Gasteiger partial charge in [-0.15, -0.1) is 23.5 Å². The van der Waals surface area contributed by atoms with Crippen LogP contribution in [0.4, 0.5) is 0 Å². The van der Waals surface area contributed by atoms with E-state index in [0.29, 0.717) is 32.2 Å². The minimum atomic E-state index is -0.247. The number of imide groups is 2. The molecule has 6 amide bonds. The molecule has 2 rings (SSSR count). The van der Waals surface area contributed by atoms with E-state index in [1.807, 2.05) is 6.92 Å². The zero-order valence-electron chi connectivity index (χ0n) is 24.2. The van der Waals surface area contributed by atoms with Crippen LogP contribution in [-0.4, -0.2) is 93.9 Å². The fraction of sp³-hybridized carbons (Fsp3) is 0.786. The van der Waals surface area contributed by atoms with Crippen LogP contribution in [0.2, 0.25) is 0 Å². The Kier molecular flexibility index (Phi) is 15.7. The highest BCUT2D eigenvalue weighted by Crippen LogP contribution is 2.26. The van der Waals surface area contributed by atoms with E-state index < -0.39 is 0 Å². The second kappa shape index (κ2) is 18.4. The maximum absolute atomic E-state index is 12.2. The average Bonchev–Trinajstić information content (AvgIpc) is 3.30. The summed E-state index contributed by atoms with van der Waals surface area (Å²) in [5, 5.41) is 5.51. The quantitative estimate of drug-likeness (QED) is 0.162. The van der Waals surface area contributed by atoms with E-state index in [9.17, 15) is 28.8 Å². The van der Waals surface area contributed by atoms with Gasteiger partial charge in [-0.2, -0.15) is 0 Å². The fourth-order valence-corrected chi connectivity index (χ4v) is 7.03. The number of likely N-dealkylation sites (tertiary alicyclic amines) is 2. The van der Waals surface area contributed by atoms with Gasteiger partial charge < -0.3 is 10.6 Å². The van der Waals surface area contributed by atoms with Gasteiger partial charge in [-0.05, 0) is 63.4 Å². The van der Waals surface area contributed by atoms with Crippen LogP contribution in [0, 0.1) is 0 Å². The molecule has 0 aromatic carbocycles. The summed E-state index contributed by atoms with van der Waals surface area (Å²) >= 11 is 3.07. The number of rotatable bonds is 20. The van der Waals surface area contributed by atoms with Crippen molar-refractivity contribution in [2.24, 2.45) is 0 Å². The lowest BCUT2D eigenvalue weighted by Crippen LogP contribution is -2.32. The maximum atomic E-state index is 12.2. The molecule has 2 saturated heterocycles. The molecule has 2 aliphatic heterocycles. The van der Waals surface area contributed by atoms with Gasteiger partial charge >= 0.3 is 0 Å². The lowest BCUT2D eigenvalue weighted by Gasteiger charge is -2.14. The normalized spacial score (nSPS) is 20.0. The van der Waals surface area contributed by atoms with Gasteiger partial charge in [-0.3, -0.25) is 38.6 Å². The van der Waals surface area contributed by atoms with Gasteiger partial charge in [0, 0.05) is 52.4 Å². The van der Waals surface area contributed by atoms with E-state index in [-0.39, 0.29) is 52.0 Å². The van der Waals surface area contributed by atoms with E-state index in [1.54, 1.807) is 0 Å². The van der Waals surface area contributed by atoms with Gasteiger partial charge in [0.05, 0.1) is 10.5 Å². The molecule has 40 heavy (non-hydrogen) atoms. The number of hydrogen-bond donors (Lipinski definition) is 2. The number of carbonyl (C=O) groups excluding carboxylic acids is 6. The van der Waals surface area contributed by atoms with Crippen LogP contribution in [0.1, 0.15) is 90.4 Å². The summed E-state index contributed by atoms with van der Waals surface area (Å²) in [5.74, 6) is 1.33. The SMILES string of the molecule is C[C@H](CCCCNC(=O)CCCCCSC1CC(=O)N(C)C1=O)NC(=O)CCCCCSC1CC(=O)N(C)C1=O. The number of amides is 6. The van der Waals surface area contributed by atoms with Crippen molar-refractivity contribution in [3.05, 3.63) is 0 Å². The van der Waals surface area contributed by atoms with Crippen LogP contribution in [0.25, 0.3) is 0 Å². The highest BCUT2D eigenvalue weighted by Gasteiger charge is 2.36. The molecule has 3 atom stereocenters. The van der Waals surface area contributed by atoms with Gasteiger partial charge in [-0.25, -0.2) is 0 Å². The third-order valence-electron chi connectivity index (χ3n) is 7.21. The van der Waals surface area contributed by atoms with Crippen molar-refractivity contribution in [2.45, 2.75) is 107 Å². The van der Waals surface area contributed by atoms with Crippen molar-refractivity contribution in [2.75, 3.05) is 32.1 Å². The van der Waals surface area contributed by atoms with Crippen molar-refractivity contribution < 1.29 is 28.8 Å². The number of thioether (sulfide) groups is 2. The molecule has 2 heterocycles. The number of unbranched alkanes of at least 4 members (excludes halogenated alkanes) is 5. The molecule has 0 bridgehead atoms. The summed E-state index contributed by atoms with van der Waals surface area (Å²) in [5.41, 5.74) is 0. The number of nitrogens with one attached hydrogen (secondary N) is 2. The lowest BCUT2D eigenvalue weighted by atomic mass is 10.1. The summed E-state index contributed by atoms with van der Waals surface area (Å²) in [6, 6.07) is 0.0950. The highest BCUT2D eigenvalue weighted by molar-refractivity contribution is 8.00. The Morgan fingerprint density at radius 1 is 0.750 bits per heavy atom. The topological polar surface area (TPSA) is 133 Å². The Hall–Kier alpha value is -2.08. The molecular formula is C28H46N4O6S2. The number of carbonyl (C=O) groups is 6. The molecule has 2 unspecified atom stereocenters. The van der Waals surface area contributed by atoms with Crippen LogP contribution in [0.3, 0.4) is 0 Å². The minimum absolute atomic E-state index is 0.0562. The standard InChI is InChI=1S/C28H46N4O6S2/c1-20(30-24(34)14-7-5-11-17-40-22-19-26(36)32(3)28(22)38)12-8-9-15-29-23(33)13-6-4-10-16-39-21-18-25(35)31(2)27(21)37/h20-22H,4-19H2,1-3H3,(H,29,33)(H,30,34)/t20-,21?,22?/m1/s1. The first-order valence-electron chi connectivity index (χ1n) is 14.5. The summed E-state index contributed by atoms with van der Waals surface area (Å²) in [6.45, 7) is 2.64. The van der Waals surface area contributed by atoms with Gasteiger partial charge in [-0.1, -0.05) is 12.8 Å². The summed E-state index contributed by atoms with van der Waals surface area (Å²) in [4.78, 5) is 73.4. The second-order valence-corrected chi connectivity index (χ2v) is 13.3. The molecule has 2 fully saturated rings.